The fraction of sp³-hybridized carbons (Fsp3) is 0.619. The summed E-state index contributed by atoms with van der Waals surface area (Å²) in [6, 6.07) is 7.66. The summed E-state index contributed by atoms with van der Waals surface area (Å²) in [5.74, 6) is 1.90. The van der Waals surface area contributed by atoms with Gasteiger partial charge < -0.3 is 9.80 Å². The van der Waals surface area contributed by atoms with E-state index < -0.39 is 0 Å². The lowest BCUT2D eigenvalue weighted by atomic mass is 9.75. The van der Waals surface area contributed by atoms with E-state index in [9.17, 15) is 9.59 Å². The average Bonchev–Trinajstić information content (AvgIpc) is 2.67. The zero-order chi connectivity index (χ0) is 17.2. The highest BCUT2D eigenvalue weighted by molar-refractivity contribution is 5.97. The maximum absolute atomic E-state index is 12.9. The Bertz CT molecular complexity index is 640. The summed E-state index contributed by atoms with van der Waals surface area (Å²) in [6.45, 7) is 2.61. The predicted octanol–water partition coefficient (Wildman–Crippen LogP) is 3.86. The molecule has 4 heteroatoms. The molecule has 1 aromatic rings. The van der Waals surface area contributed by atoms with Gasteiger partial charge in [0.05, 0.1) is 0 Å². The number of hydrogen-bond acceptors (Lipinski definition) is 2. The van der Waals surface area contributed by atoms with Gasteiger partial charge in [-0.25, -0.2) is 0 Å². The van der Waals surface area contributed by atoms with Gasteiger partial charge in [-0.05, 0) is 61.8 Å². The van der Waals surface area contributed by atoms with Crippen LogP contribution in [0.1, 0.15) is 61.7 Å². The minimum Gasteiger partial charge on any atom is -0.338 e. The van der Waals surface area contributed by atoms with Crippen LogP contribution in [0, 0.1) is 11.8 Å². The number of anilines is 1. The number of hydrogen-bond donors (Lipinski definition) is 0. The van der Waals surface area contributed by atoms with E-state index in [0.717, 1.165) is 56.1 Å². The van der Waals surface area contributed by atoms with Crippen LogP contribution in [0.2, 0.25) is 0 Å². The van der Waals surface area contributed by atoms with Gasteiger partial charge >= 0.3 is 0 Å². The molecule has 3 aliphatic rings. The van der Waals surface area contributed by atoms with Gasteiger partial charge in [0.15, 0.2) is 0 Å². The summed E-state index contributed by atoms with van der Waals surface area (Å²) in [6.07, 6.45) is 9.17. The summed E-state index contributed by atoms with van der Waals surface area (Å²) in [5.41, 5.74) is 1.68. The second-order valence-corrected chi connectivity index (χ2v) is 7.89. The minimum atomic E-state index is 0.153. The number of amides is 2. The van der Waals surface area contributed by atoms with E-state index in [2.05, 4.69) is 0 Å². The molecule has 0 radical (unpaired) electrons. The molecule has 2 atom stereocenters. The van der Waals surface area contributed by atoms with E-state index in [0.29, 0.717) is 12.3 Å². The summed E-state index contributed by atoms with van der Waals surface area (Å²) < 4.78 is 0. The van der Waals surface area contributed by atoms with Gasteiger partial charge in [0, 0.05) is 37.3 Å². The van der Waals surface area contributed by atoms with Crippen LogP contribution in [0.5, 0.6) is 0 Å². The fourth-order valence-corrected chi connectivity index (χ4v) is 4.83. The maximum Gasteiger partial charge on any atom is 0.253 e. The highest BCUT2D eigenvalue weighted by Crippen LogP contribution is 2.36. The molecule has 2 aliphatic heterocycles. The number of likely N-dealkylation sites (tertiary alicyclic amines) is 1. The van der Waals surface area contributed by atoms with Crippen LogP contribution in [0.4, 0.5) is 5.69 Å². The summed E-state index contributed by atoms with van der Waals surface area (Å²) in [7, 11) is 0. The molecule has 2 amide bonds. The third-order valence-electron chi connectivity index (χ3n) is 6.33. The van der Waals surface area contributed by atoms with Crippen molar-refractivity contribution in [1.82, 2.24) is 4.90 Å². The van der Waals surface area contributed by atoms with Gasteiger partial charge in [-0.15, -0.1) is 0 Å². The number of nitrogens with zero attached hydrogens (tertiary/aromatic N) is 2. The highest BCUT2D eigenvalue weighted by Gasteiger charge is 2.33. The molecular formula is C21H28N2O2. The van der Waals surface area contributed by atoms with Crippen LogP contribution in [-0.2, 0) is 4.79 Å². The smallest absolute Gasteiger partial charge is 0.253 e. The molecule has 4 nitrogen and oxygen atoms in total. The van der Waals surface area contributed by atoms with Crippen LogP contribution >= 0.6 is 0 Å². The number of carbonyl (C=O) groups excluding carboxylic acids is 2. The van der Waals surface area contributed by atoms with Crippen molar-refractivity contribution in [3.63, 3.8) is 0 Å². The number of carbonyl (C=O) groups is 2. The van der Waals surface area contributed by atoms with E-state index >= 15 is 0 Å². The van der Waals surface area contributed by atoms with E-state index in [1.807, 2.05) is 34.1 Å². The molecule has 0 bridgehead atoms. The van der Waals surface area contributed by atoms with E-state index in [1.165, 1.54) is 25.7 Å². The van der Waals surface area contributed by atoms with Crippen LogP contribution in [0.3, 0.4) is 0 Å². The number of piperidine rings is 2. The highest BCUT2D eigenvalue weighted by atomic mass is 16.2. The quantitative estimate of drug-likeness (QED) is 0.820. The van der Waals surface area contributed by atoms with Crippen LogP contribution in [0.25, 0.3) is 0 Å². The van der Waals surface area contributed by atoms with Gasteiger partial charge in [-0.3, -0.25) is 9.59 Å². The topological polar surface area (TPSA) is 40.6 Å². The summed E-state index contributed by atoms with van der Waals surface area (Å²) in [5, 5.41) is 0. The largest absolute Gasteiger partial charge is 0.338 e. The van der Waals surface area contributed by atoms with Crippen molar-refractivity contribution in [2.75, 3.05) is 24.5 Å². The van der Waals surface area contributed by atoms with Crippen LogP contribution in [-0.4, -0.2) is 36.3 Å². The lowest BCUT2D eigenvalue weighted by molar-refractivity contribution is -0.119. The normalized spacial score (nSPS) is 27.1. The Morgan fingerprint density at radius 2 is 1.64 bits per heavy atom. The first kappa shape index (κ1) is 16.6. The number of fused-ring (bicyclic) bond motifs is 1. The van der Waals surface area contributed by atoms with E-state index in [4.69, 9.17) is 0 Å². The zero-order valence-electron chi connectivity index (χ0n) is 15.0. The SMILES string of the molecule is O=C(c1ccc(N2CCCCC2=O)cc1)N1CC[C@H]2CCCC[C@@H]2C1. The standard InChI is InChI=1S/C21H28N2O2/c24-20-7-3-4-13-23(20)19-10-8-17(9-11-19)21(25)22-14-12-16-5-1-2-6-18(16)15-22/h8-11,16,18H,1-7,12-15H2/t16-,18-/m1/s1. The molecule has 134 valence electrons. The van der Waals surface area contributed by atoms with Gasteiger partial charge in [-0.2, -0.15) is 0 Å². The van der Waals surface area contributed by atoms with Gasteiger partial charge in [0.25, 0.3) is 5.91 Å². The van der Waals surface area contributed by atoms with Crippen molar-refractivity contribution in [2.45, 2.75) is 51.4 Å². The van der Waals surface area contributed by atoms with Gasteiger partial charge in [0.1, 0.15) is 0 Å². The first-order valence-electron chi connectivity index (χ1n) is 9.92. The van der Waals surface area contributed by atoms with Crippen molar-refractivity contribution in [2.24, 2.45) is 11.8 Å². The molecule has 1 saturated carbocycles. The Balaban J connectivity index is 1.43. The summed E-state index contributed by atoms with van der Waals surface area (Å²) in [4.78, 5) is 28.8. The van der Waals surface area contributed by atoms with Crippen molar-refractivity contribution in [3.05, 3.63) is 29.8 Å². The molecular weight excluding hydrogens is 312 g/mol. The maximum atomic E-state index is 12.9. The molecule has 0 unspecified atom stereocenters. The molecule has 1 aliphatic carbocycles. The van der Waals surface area contributed by atoms with E-state index in [1.54, 1.807) is 0 Å². The molecule has 2 saturated heterocycles. The van der Waals surface area contributed by atoms with Crippen LogP contribution < -0.4 is 4.90 Å². The van der Waals surface area contributed by atoms with Gasteiger partial charge in [-0.1, -0.05) is 19.3 Å². The Kier molecular flexibility index (Phi) is 4.78. The summed E-state index contributed by atoms with van der Waals surface area (Å²) >= 11 is 0. The van der Waals surface area contributed by atoms with Crippen molar-refractivity contribution < 1.29 is 9.59 Å². The minimum absolute atomic E-state index is 0.153. The Labute approximate surface area is 150 Å². The molecule has 4 rings (SSSR count). The Morgan fingerprint density at radius 1 is 0.880 bits per heavy atom. The fourth-order valence-electron chi connectivity index (χ4n) is 4.83. The first-order chi connectivity index (χ1) is 12.2. The van der Waals surface area contributed by atoms with E-state index in [-0.39, 0.29) is 11.8 Å². The molecule has 25 heavy (non-hydrogen) atoms. The molecule has 0 spiro atoms. The third kappa shape index (κ3) is 3.44. The second kappa shape index (κ2) is 7.19. The number of benzene rings is 1. The Hall–Kier alpha value is -1.84. The first-order valence-corrected chi connectivity index (χ1v) is 9.92. The molecule has 3 fully saturated rings. The average molecular weight is 340 g/mol. The van der Waals surface area contributed by atoms with Crippen molar-refractivity contribution in [3.8, 4) is 0 Å². The lowest BCUT2D eigenvalue weighted by Gasteiger charge is -2.41. The lowest BCUT2D eigenvalue weighted by Crippen LogP contribution is -2.44. The van der Waals surface area contributed by atoms with Gasteiger partial charge in [0.2, 0.25) is 5.91 Å². The molecule has 2 heterocycles. The van der Waals surface area contributed by atoms with Crippen molar-refractivity contribution >= 4 is 17.5 Å². The second-order valence-electron chi connectivity index (χ2n) is 7.89. The predicted molar refractivity (Wildman–Crippen MR) is 98.6 cm³/mol. The third-order valence-corrected chi connectivity index (χ3v) is 6.33. The monoisotopic (exact) mass is 340 g/mol. The number of rotatable bonds is 2. The zero-order valence-corrected chi connectivity index (χ0v) is 15.0. The van der Waals surface area contributed by atoms with Crippen molar-refractivity contribution in [1.29, 1.82) is 0 Å². The molecule has 0 aromatic heterocycles. The Morgan fingerprint density at radius 3 is 2.40 bits per heavy atom. The molecule has 1 aromatic carbocycles. The van der Waals surface area contributed by atoms with Crippen LogP contribution in [0.15, 0.2) is 24.3 Å². The molecule has 0 N–H and O–H groups in total.